The maximum Gasteiger partial charge on any atom is 0.168 e. The van der Waals surface area contributed by atoms with Crippen molar-refractivity contribution in [2.75, 3.05) is 11.9 Å². The molecule has 5 nitrogen and oxygen atoms in total. The number of anilines is 1. The number of thiocarbonyl (C=S) groups is 1. The molecule has 0 radical (unpaired) electrons. The van der Waals surface area contributed by atoms with Gasteiger partial charge in [-0.25, -0.2) is 0 Å². The third-order valence-electron chi connectivity index (χ3n) is 7.80. The fraction of sp³-hybridized carbons (Fsp3) is 0.270. The molecule has 0 spiro atoms. The number of benzene rings is 3. The number of aromatic nitrogens is 1. The van der Waals surface area contributed by atoms with Crippen LogP contribution >= 0.6 is 12.2 Å². The number of aliphatic hydroxyl groups is 1. The van der Waals surface area contributed by atoms with Gasteiger partial charge in [0.15, 0.2) is 5.78 Å². The highest BCUT2D eigenvalue weighted by Gasteiger charge is 2.37. The number of hydrogen-bond donors (Lipinski definition) is 3. The first kappa shape index (κ1) is 33.0. The summed E-state index contributed by atoms with van der Waals surface area (Å²) in [6, 6.07) is 35.4. The predicted molar refractivity (Wildman–Crippen MR) is 189 cm³/mol. The molecule has 5 rings (SSSR count). The van der Waals surface area contributed by atoms with Gasteiger partial charge in [0, 0.05) is 48.8 Å². The van der Waals surface area contributed by atoms with Crippen LogP contribution in [0.1, 0.15) is 46.1 Å². The normalized spacial score (nSPS) is 16.6. The van der Waals surface area contributed by atoms with Crippen molar-refractivity contribution in [2.24, 2.45) is 5.41 Å². The van der Waals surface area contributed by atoms with Crippen LogP contribution in [0, 0.1) is 5.41 Å². The fourth-order valence-electron chi connectivity index (χ4n) is 5.66. The summed E-state index contributed by atoms with van der Waals surface area (Å²) in [4.78, 5) is 17.3. The summed E-state index contributed by atoms with van der Waals surface area (Å²) in [6.45, 7) is 9.52. The van der Waals surface area contributed by atoms with E-state index in [1.54, 1.807) is 12.4 Å². The van der Waals surface area contributed by atoms with E-state index in [9.17, 15) is 9.90 Å². The Labute approximate surface area is 269 Å². The quantitative estimate of drug-likeness (QED) is 0.164. The number of ketones is 1. The van der Waals surface area contributed by atoms with Crippen molar-refractivity contribution in [3.8, 4) is 0 Å². The summed E-state index contributed by atoms with van der Waals surface area (Å²) >= 11 is 5.55. The van der Waals surface area contributed by atoms with Crippen LogP contribution in [-0.2, 0) is 11.3 Å². The molecule has 0 saturated carbocycles. The second-order valence-corrected chi connectivity index (χ2v) is 17.1. The van der Waals surface area contributed by atoms with Gasteiger partial charge in [0.1, 0.15) is 13.8 Å². The van der Waals surface area contributed by atoms with Gasteiger partial charge in [0.2, 0.25) is 0 Å². The predicted octanol–water partition coefficient (Wildman–Crippen LogP) is 6.05. The number of nitrogens with one attached hydrogen (secondary N) is 2. The molecule has 0 amide bonds. The van der Waals surface area contributed by atoms with Gasteiger partial charge in [-0.15, -0.1) is 0 Å². The third kappa shape index (κ3) is 9.05. The molecule has 1 aromatic heterocycles. The Morgan fingerprint density at radius 1 is 0.864 bits per heavy atom. The first-order valence-electron chi connectivity index (χ1n) is 15.1. The SMILES string of the molecule is CC(C)(C)[SiH](c1ccccc1)c1ccccc1.CC1(CO)CC(=O)C(C(=S)Nc2ccccc2)=C(NCc2ccncc2)C1. The Bertz CT molecular complexity index is 1500. The zero-order chi connectivity index (χ0) is 31.6. The molecule has 4 aromatic rings. The van der Waals surface area contributed by atoms with Crippen molar-refractivity contribution in [3.05, 3.63) is 132 Å². The van der Waals surface area contributed by atoms with E-state index in [1.807, 2.05) is 49.4 Å². The Kier molecular flexibility index (Phi) is 11.4. The van der Waals surface area contributed by atoms with Gasteiger partial charge in [-0.2, -0.15) is 0 Å². The molecule has 0 fully saturated rings. The molecule has 1 aliphatic carbocycles. The Morgan fingerprint density at radius 3 is 1.89 bits per heavy atom. The topological polar surface area (TPSA) is 74.2 Å². The minimum absolute atomic E-state index is 0.0503. The van der Waals surface area contributed by atoms with Gasteiger partial charge < -0.3 is 15.7 Å². The molecule has 1 atom stereocenters. The van der Waals surface area contributed by atoms with Crippen molar-refractivity contribution >= 4 is 47.8 Å². The summed E-state index contributed by atoms with van der Waals surface area (Å²) in [5.74, 6) is -0.0524. The number of hydrogen-bond acceptors (Lipinski definition) is 5. The van der Waals surface area contributed by atoms with E-state index >= 15 is 0 Å². The number of Topliss-reactive ketones (excluding diaryl/α,β-unsaturated/α-hetero) is 1. The van der Waals surface area contributed by atoms with E-state index in [2.05, 4.69) is 97.1 Å². The van der Waals surface area contributed by atoms with Crippen LogP contribution in [0.15, 0.2) is 127 Å². The standard InChI is InChI=1S/C21H23N3O2S.C16H20Si/c1-21(14-25)11-17(23-13-15-7-9-22-10-8-15)19(18(26)12-21)20(27)24-16-5-3-2-4-6-16;1-16(2,3)17(14-10-6-4-7-11-14)15-12-8-5-9-13-15/h2-10,23,25H,11-14H2,1H3,(H,24,27);4-13,17H,1-3H3. The molecule has 0 aliphatic heterocycles. The van der Waals surface area contributed by atoms with Crippen molar-refractivity contribution in [1.82, 2.24) is 10.3 Å². The first-order valence-corrected chi connectivity index (χ1v) is 17.2. The lowest BCUT2D eigenvalue weighted by Gasteiger charge is -2.34. The molecule has 7 heteroatoms. The van der Waals surface area contributed by atoms with Crippen LogP contribution < -0.4 is 21.0 Å². The Balaban J connectivity index is 0.000000223. The number of para-hydroxylation sites is 1. The second kappa shape index (κ2) is 15.2. The number of pyridine rings is 1. The minimum atomic E-state index is -1.14. The lowest BCUT2D eigenvalue weighted by Crippen LogP contribution is -2.48. The maximum atomic E-state index is 12.9. The molecule has 228 valence electrons. The number of rotatable bonds is 8. The molecule has 0 saturated heterocycles. The van der Waals surface area contributed by atoms with Crippen LogP contribution in [-0.4, -0.2) is 36.3 Å². The largest absolute Gasteiger partial charge is 0.396 e. The molecule has 3 N–H and O–H groups in total. The molecule has 3 aromatic carbocycles. The van der Waals surface area contributed by atoms with Crippen molar-refractivity contribution in [2.45, 2.75) is 52.1 Å². The van der Waals surface area contributed by atoms with Gasteiger partial charge in [-0.3, -0.25) is 9.78 Å². The lowest BCUT2D eigenvalue weighted by atomic mass is 9.74. The number of carbonyl (C=O) groups is 1. The van der Waals surface area contributed by atoms with E-state index in [0.717, 1.165) is 16.9 Å². The molecule has 1 aliphatic rings. The minimum Gasteiger partial charge on any atom is -0.396 e. The van der Waals surface area contributed by atoms with E-state index < -0.39 is 14.2 Å². The average Bonchev–Trinajstić information content (AvgIpc) is 3.01. The van der Waals surface area contributed by atoms with Crippen LogP contribution in [0.25, 0.3) is 0 Å². The molecular formula is C37H43N3O2SSi. The lowest BCUT2D eigenvalue weighted by molar-refractivity contribution is -0.118. The molecular weight excluding hydrogens is 579 g/mol. The monoisotopic (exact) mass is 621 g/mol. The van der Waals surface area contributed by atoms with Gasteiger partial charge in [0.05, 0.1) is 5.57 Å². The third-order valence-corrected chi connectivity index (χ3v) is 11.9. The molecule has 0 bridgehead atoms. The highest BCUT2D eigenvalue weighted by atomic mass is 32.1. The zero-order valence-electron chi connectivity index (χ0n) is 26.1. The number of aliphatic hydroxyl groups excluding tert-OH is 1. The van der Waals surface area contributed by atoms with Crippen LogP contribution in [0.5, 0.6) is 0 Å². The van der Waals surface area contributed by atoms with E-state index in [-0.39, 0.29) is 18.8 Å². The summed E-state index contributed by atoms with van der Waals surface area (Å²) in [7, 11) is -1.14. The number of allylic oxidation sites excluding steroid dienone is 1. The fourth-order valence-corrected chi connectivity index (χ4v) is 9.61. The van der Waals surface area contributed by atoms with Gasteiger partial charge >= 0.3 is 0 Å². The van der Waals surface area contributed by atoms with Gasteiger partial charge in [-0.05, 0) is 41.3 Å². The van der Waals surface area contributed by atoms with Crippen LogP contribution in [0.3, 0.4) is 0 Å². The Hall–Kier alpha value is -3.91. The second-order valence-electron chi connectivity index (χ2n) is 12.7. The van der Waals surface area contributed by atoms with Crippen molar-refractivity contribution in [3.63, 3.8) is 0 Å². The first-order chi connectivity index (χ1) is 21.1. The summed E-state index contributed by atoms with van der Waals surface area (Å²) in [6.07, 6.45) is 4.30. The maximum absolute atomic E-state index is 12.9. The number of nitrogens with zero attached hydrogens (tertiary/aromatic N) is 1. The summed E-state index contributed by atoms with van der Waals surface area (Å²) in [5, 5.41) is 19.7. The average molecular weight is 622 g/mol. The molecule has 1 heterocycles. The highest BCUT2D eigenvalue weighted by Crippen LogP contribution is 2.37. The van der Waals surface area contributed by atoms with Crippen LogP contribution in [0.2, 0.25) is 5.04 Å². The van der Waals surface area contributed by atoms with Gasteiger partial charge in [-0.1, -0.05) is 129 Å². The van der Waals surface area contributed by atoms with Crippen molar-refractivity contribution in [1.29, 1.82) is 0 Å². The molecule has 1 unspecified atom stereocenters. The van der Waals surface area contributed by atoms with E-state index in [1.165, 1.54) is 10.4 Å². The Morgan fingerprint density at radius 2 is 1.39 bits per heavy atom. The van der Waals surface area contributed by atoms with Gasteiger partial charge in [0.25, 0.3) is 0 Å². The molecule has 44 heavy (non-hydrogen) atoms. The van der Waals surface area contributed by atoms with Crippen LogP contribution in [0.4, 0.5) is 5.69 Å². The highest BCUT2D eigenvalue weighted by molar-refractivity contribution is 7.81. The van der Waals surface area contributed by atoms with E-state index in [4.69, 9.17) is 12.2 Å². The van der Waals surface area contributed by atoms with Crippen molar-refractivity contribution < 1.29 is 9.90 Å². The number of carbonyl (C=O) groups excluding carboxylic acids is 1. The smallest absolute Gasteiger partial charge is 0.168 e. The summed E-state index contributed by atoms with van der Waals surface area (Å²) in [5.41, 5.74) is 2.69. The zero-order valence-corrected chi connectivity index (χ0v) is 28.1. The van der Waals surface area contributed by atoms with E-state index in [0.29, 0.717) is 28.6 Å². The summed E-state index contributed by atoms with van der Waals surface area (Å²) < 4.78 is 0.